The summed E-state index contributed by atoms with van der Waals surface area (Å²) in [6.07, 6.45) is -1.55. The Balaban J connectivity index is 1.78. The Kier molecular flexibility index (Phi) is 5.73. The van der Waals surface area contributed by atoms with Gasteiger partial charge < -0.3 is 4.90 Å². The van der Waals surface area contributed by atoms with E-state index < -0.39 is 28.3 Å². The minimum Gasteiger partial charge on any atom is -0.341 e. The quantitative estimate of drug-likeness (QED) is 0.552. The predicted octanol–water partition coefficient (Wildman–Crippen LogP) is 3.41. The SMILES string of the molecule is O=C(NNc1ccc(C(F)(F)F)cc1[N+](=O)[O-])c1nc(N2CCCC2)ncc1Cl. The lowest BCUT2D eigenvalue weighted by molar-refractivity contribution is -0.384. The molecule has 9 nitrogen and oxygen atoms in total. The fourth-order valence-corrected chi connectivity index (χ4v) is 2.91. The minimum atomic E-state index is -4.74. The molecule has 29 heavy (non-hydrogen) atoms. The van der Waals surface area contributed by atoms with Gasteiger partial charge in [0.15, 0.2) is 5.69 Å². The van der Waals surface area contributed by atoms with E-state index in [1.807, 2.05) is 4.90 Å². The Morgan fingerprint density at radius 1 is 1.28 bits per heavy atom. The van der Waals surface area contributed by atoms with Crippen molar-refractivity contribution in [2.45, 2.75) is 19.0 Å². The van der Waals surface area contributed by atoms with E-state index in [-0.39, 0.29) is 16.4 Å². The lowest BCUT2D eigenvalue weighted by Crippen LogP contribution is -2.31. The van der Waals surface area contributed by atoms with Crippen molar-refractivity contribution in [3.8, 4) is 0 Å². The zero-order valence-corrected chi connectivity index (χ0v) is 15.4. The lowest BCUT2D eigenvalue weighted by atomic mass is 10.1. The molecule has 0 radical (unpaired) electrons. The van der Waals surface area contributed by atoms with E-state index in [2.05, 4.69) is 20.8 Å². The van der Waals surface area contributed by atoms with Gasteiger partial charge in [-0.2, -0.15) is 13.2 Å². The fraction of sp³-hybridized carbons (Fsp3) is 0.312. The van der Waals surface area contributed by atoms with Crippen molar-refractivity contribution >= 4 is 34.8 Å². The Morgan fingerprint density at radius 2 is 1.97 bits per heavy atom. The Morgan fingerprint density at radius 3 is 2.59 bits per heavy atom. The first-order chi connectivity index (χ1) is 13.7. The van der Waals surface area contributed by atoms with E-state index in [1.54, 1.807) is 0 Å². The van der Waals surface area contributed by atoms with Gasteiger partial charge in [0.05, 0.1) is 21.7 Å². The molecule has 1 aromatic heterocycles. The average molecular weight is 431 g/mol. The number of hydrazine groups is 1. The number of rotatable bonds is 5. The normalized spacial score (nSPS) is 14.0. The second-order valence-corrected chi connectivity index (χ2v) is 6.53. The molecule has 0 aliphatic carbocycles. The number of nitrogens with one attached hydrogen (secondary N) is 2. The summed E-state index contributed by atoms with van der Waals surface area (Å²) in [5, 5.41) is 11.1. The largest absolute Gasteiger partial charge is 0.416 e. The molecular formula is C16H14ClF3N6O3. The van der Waals surface area contributed by atoms with Crippen molar-refractivity contribution in [1.82, 2.24) is 15.4 Å². The van der Waals surface area contributed by atoms with Crippen LogP contribution in [0.1, 0.15) is 28.9 Å². The van der Waals surface area contributed by atoms with Gasteiger partial charge in [-0.1, -0.05) is 11.6 Å². The molecule has 1 amide bonds. The number of aromatic nitrogens is 2. The van der Waals surface area contributed by atoms with Gasteiger partial charge in [0.1, 0.15) is 5.69 Å². The van der Waals surface area contributed by atoms with Gasteiger partial charge in [-0.25, -0.2) is 9.97 Å². The summed E-state index contributed by atoms with van der Waals surface area (Å²) in [6.45, 7) is 1.47. The first-order valence-electron chi connectivity index (χ1n) is 8.36. The lowest BCUT2D eigenvalue weighted by Gasteiger charge is -2.16. The zero-order chi connectivity index (χ0) is 21.2. The summed E-state index contributed by atoms with van der Waals surface area (Å²) < 4.78 is 38.3. The number of carbonyl (C=O) groups is 1. The Hall–Kier alpha value is -3.15. The zero-order valence-electron chi connectivity index (χ0n) is 14.7. The van der Waals surface area contributed by atoms with Crippen molar-refractivity contribution in [3.63, 3.8) is 0 Å². The molecule has 1 aromatic carbocycles. The number of hydrogen-bond acceptors (Lipinski definition) is 7. The van der Waals surface area contributed by atoms with Crippen molar-refractivity contribution in [3.05, 3.63) is 50.8 Å². The molecule has 2 heterocycles. The third-order valence-corrected chi connectivity index (χ3v) is 4.44. The van der Waals surface area contributed by atoms with Gasteiger partial charge in [0.25, 0.3) is 11.6 Å². The standard InChI is InChI=1S/C16H14ClF3N6O3/c17-10-8-21-15(25-5-1-2-6-25)22-13(10)14(27)24-23-11-4-3-9(16(18,19)20)7-12(11)26(28)29/h3-4,7-8,23H,1-2,5-6H2,(H,24,27). The van der Waals surface area contributed by atoms with Crippen LogP contribution >= 0.6 is 11.6 Å². The summed E-state index contributed by atoms with van der Waals surface area (Å²) in [7, 11) is 0. The molecule has 2 N–H and O–H groups in total. The van der Waals surface area contributed by atoms with Crippen LogP contribution in [-0.2, 0) is 6.18 Å². The second kappa shape index (κ2) is 8.07. The van der Waals surface area contributed by atoms with Gasteiger partial charge >= 0.3 is 6.18 Å². The number of anilines is 2. The molecule has 2 aromatic rings. The fourth-order valence-electron chi connectivity index (χ4n) is 2.73. The van der Waals surface area contributed by atoms with Gasteiger partial charge in [-0.15, -0.1) is 0 Å². The highest BCUT2D eigenvalue weighted by Gasteiger charge is 2.33. The highest BCUT2D eigenvalue weighted by atomic mass is 35.5. The number of carbonyl (C=O) groups excluding carboxylic acids is 1. The van der Waals surface area contributed by atoms with Crippen LogP contribution in [0.15, 0.2) is 24.4 Å². The van der Waals surface area contributed by atoms with Crippen molar-refractivity contribution in [2.75, 3.05) is 23.4 Å². The topological polar surface area (TPSA) is 113 Å². The summed E-state index contributed by atoms with van der Waals surface area (Å²) >= 11 is 5.97. The highest BCUT2D eigenvalue weighted by Crippen LogP contribution is 2.34. The third kappa shape index (κ3) is 4.65. The van der Waals surface area contributed by atoms with Crippen LogP contribution in [-0.4, -0.2) is 33.9 Å². The molecule has 1 saturated heterocycles. The van der Waals surface area contributed by atoms with Crippen molar-refractivity contribution in [1.29, 1.82) is 0 Å². The average Bonchev–Trinajstić information content (AvgIpc) is 3.20. The van der Waals surface area contributed by atoms with Gasteiger partial charge in [-0.05, 0) is 25.0 Å². The number of halogens is 4. The summed E-state index contributed by atoms with van der Waals surface area (Å²) in [5.41, 5.74) is 1.86. The smallest absolute Gasteiger partial charge is 0.341 e. The number of benzene rings is 1. The summed E-state index contributed by atoms with van der Waals surface area (Å²) in [6, 6.07) is 1.88. The number of amides is 1. The maximum atomic E-state index is 12.8. The molecule has 0 atom stereocenters. The van der Waals surface area contributed by atoms with E-state index in [0.29, 0.717) is 18.1 Å². The van der Waals surface area contributed by atoms with Gasteiger partial charge in [-0.3, -0.25) is 25.8 Å². The number of nitro groups is 1. The van der Waals surface area contributed by atoms with E-state index in [1.165, 1.54) is 6.20 Å². The first kappa shape index (κ1) is 20.6. The minimum absolute atomic E-state index is 0.0471. The number of nitro benzene ring substituents is 1. The molecule has 1 fully saturated rings. The van der Waals surface area contributed by atoms with Crippen LogP contribution in [0.25, 0.3) is 0 Å². The van der Waals surface area contributed by atoms with Crippen LogP contribution < -0.4 is 15.8 Å². The molecule has 1 aliphatic rings. The maximum Gasteiger partial charge on any atom is 0.416 e. The highest BCUT2D eigenvalue weighted by molar-refractivity contribution is 6.33. The molecule has 0 saturated carbocycles. The second-order valence-electron chi connectivity index (χ2n) is 6.13. The van der Waals surface area contributed by atoms with Crippen LogP contribution in [0.5, 0.6) is 0 Å². The number of hydrogen-bond donors (Lipinski definition) is 2. The molecule has 3 rings (SSSR count). The molecule has 0 spiro atoms. The Labute approximate surface area is 167 Å². The van der Waals surface area contributed by atoms with Crippen LogP contribution in [0.4, 0.5) is 30.5 Å². The summed E-state index contributed by atoms with van der Waals surface area (Å²) in [4.78, 5) is 32.6. The molecule has 1 aliphatic heterocycles. The van der Waals surface area contributed by atoms with E-state index in [4.69, 9.17) is 11.6 Å². The molecule has 13 heteroatoms. The van der Waals surface area contributed by atoms with Crippen LogP contribution in [0.2, 0.25) is 5.02 Å². The van der Waals surface area contributed by atoms with Crippen LogP contribution in [0.3, 0.4) is 0 Å². The predicted molar refractivity (Wildman–Crippen MR) is 97.7 cm³/mol. The van der Waals surface area contributed by atoms with Crippen molar-refractivity contribution < 1.29 is 22.9 Å². The van der Waals surface area contributed by atoms with Gasteiger partial charge in [0, 0.05) is 19.2 Å². The molecule has 0 unspecified atom stereocenters. The van der Waals surface area contributed by atoms with E-state index >= 15 is 0 Å². The first-order valence-corrected chi connectivity index (χ1v) is 8.74. The summed E-state index contributed by atoms with van der Waals surface area (Å²) in [5.74, 6) is -0.510. The van der Waals surface area contributed by atoms with Crippen molar-refractivity contribution in [2.24, 2.45) is 0 Å². The molecule has 0 bridgehead atoms. The Bertz CT molecular complexity index is 950. The van der Waals surface area contributed by atoms with Crippen LogP contribution in [0, 0.1) is 10.1 Å². The molecular weight excluding hydrogens is 417 g/mol. The number of alkyl halides is 3. The monoisotopic (exact) mass is 430 g/mol. The maximum absolute atomic E-state index is 12.8. The number of nitrogens with zero attached hydrogens (tertiary/aromatic N) is 4. The van der Waals surface area contributed by atoms with Gasteiger partial charge in [0.2, 0.25) is 5.95 Å². The molecule has 154 valence electrons. The third-order valence-electron chi connectivity index (χ3n) is 4.17. The van der Waals surface area contributed by atoms with E-state index in [0.717, 1.165) is 32.0 Å². The van der Waals surface area contributed by atoms with E-state index in [9.17, 15) is 28.1 Å².